The Balaban J connectivity index is 3.95. The van der Waals surface area contributed by atoms with Crippen LogP contribution in [0.2, 0.25) is 0 Å². The molecular weight excluding hydrogens is 615 g/mol. The third-order valence-electron chi connectivity index (χ3n) is 8.85. The zero-order chi connectivity index (χ0) is 34.7. The van der Waals surface area contributed by atoms with Gasteiger partial charge in [0.05, 0.1) is 6.61 Å². The van der Waals surface area contributed by atoms with Gasteiger partial charge >= 0.3 is 19.8 Å². The van der Waals surface area contributed by atoms with Gasteiger partial charge in [0.15, 0.2) is 6.10 Å². The average Bonchev–Trinajstić information content (AvgIpc) is 3.06. The van der Waals surface area contributed by atoms with Crippen molar-refractivity contribution in [1.82, 2.24) is 0 Å². The van der Waals surface area contributed by atoms with Crippen molar-refractivity contribution in [2.75, 3.05) is 20.3 Å². The van der Waals surface area contributed by atoms with E-state index < -0.39 is 26.5 Å². The first-order valence-electron chi connectivity index (χ1n) is 19.7. The van der Waals surface area contributed by atoms with Crippen LogP contribution in [0.3, 0.4) is 0 Å². The summed E-state index contributed by atoms with van der Waals surface area (Å²) < 4.78 is 31.9. The molecule has 2 unspecified atom stereocenters. The second-order valence-corrected chi connectivity index (χ2v) is 15.0. The Kier molecular flexibility index (Phi) is 34.2. The highest BCUT2D eigenvalue weighted by Gasteiger charge is 2.24. The number of rotatable bonds is 37. The number of esters is 2. The van der Waals surface area contributed by atoms with Gasteiger partial charge in [0.1, 0.15) is 6.61 Å². The van der Waals surface area contributed by atoms with Crippen molar-refractivity contribution in [2.24, 2.45) is 0 Å². The lowest BCUT2D eigenvalue weighted by molar-refractivity contribution is -0.161. The van der Waals surface area contributed by atoms with Crippen molar-refractivity contribution < 1.29 is 37.6 Å². The average molecular weight is 691 g/mol. The molecule has 2 atom stereocenters. The highest BCUT2D eigenvalue weighted by atomic mass is 31.2. The normalized spacial score (nSPS) is 13.4. The van der Waals surface area contributed by atoms with Crippen molar-refractivity contribution in [3.05, 3.63) is 0 Å². The van der Waals surface area contributed by atoms with E-state index in [4.69, 9.17) is 14.0 Å². The molecule has 0 rings (SSSR count). The summed E-state index contributed by atoms with van der Waals surface area (Å²) in [6.07, 6.45) is 34.4. The summed E-state index contributed by atoms with van der Waals surface area (Å²) in [6.45, 7) is 3.89. The number of carbonyl (C=O) groups is 2. The van der Waals surface area contributed by atoms with Crippen LogP contribution in [0.1, 0.15) is 206 Å². The number of carbonyl (C=O) groups excluding carboxylic acids is 2. The van der Waals surface area contributed by atoms with Crippen LogP contribution in [0.15, 0.2) is 0 Å². The Bertz CT molecular complexity index is 747. The van der Waals surface area contributed by atoms with Gasteiger partial charge in [0.25, 0.3) is 0 Å². The lowest BCUT2D eigenvalue weighted by Gasteiger charge is -2.19. The van der Waals surface area contributed by atoms with Gasteiger partial charge in [-0.15, -0.1) is 0 Å². The summed E-state index contributed by atoms with van der Waals surface area (Å²) >= 11 is 0. The molecule has 0 spiro atoms. The zero-order valence-electron chi connectivity index (χ0n) is 31.0. The minimum atomic E-state index is -4.25. The Morgan fingerprint density at radius 2 is 0.830 bits per heavy atom. The van der Waals surface area contributed by atoms with E-state index in [0.717, 1.165) is 45.6 Å². The number of unbranched alkanes of at least 4 members (excludes halogenated alkanes) is 26. The minimum Gasteiger partial charge on any atom is -0.462 e. The third-order valence-corrected chi connectivity index (χ3v) is 9.79. The van der Waals surface area contributed by atoms with Gasteiger partial charge in [0, 0.05) is 20.0 Å². The number of hydrogen-bond acceptors (Lipinski definition) is 7. The first-order chi connectivity index (χ1) is 22.8. The molecule has 0 aromatic heterocycles. The molecule has 280 valence electrons. The fraction of sp³-hybridized carbons (Fsp3) is 0.947. The van der Waals surface area contributed by atoms with E-state index in [0.29, 0.717) is 6.42 Å². The van der Waals surface area contributed by atoms with Gasteiger partial charge in [0.2, 0.25) is 0 Å². The topological polar surface area (TPSA) is 108 Å². The number of hydrogen-bond donors (Lipinski definition) is 1. The monoisotopic (exact) mass is 691 g/mol. The van der Waals surface area contributed by atoms with E-state index >= 15 is 0 Å². The quantitative estimate of drug-likeness (QED) is 0.0390. The van der Waals surface area contributed by atoms with E-state index in [1.165, 1.54) is 141 Å². The molecule has 9 heteroatoms. The summed E-state index contributed by atoms with van der Waals surface area (Å²) in [6, 6.07) is 0. The van der Waals surface area contributed by atoms with Gasteiger partial charge in [-0.3, -0.25) is 18.6 Å². The van der Waals surface area contributed by atoms with Crippen LogP contribution in [0.25, 0.3) is 0 Å². The molecule has 8 nitrogen and oxygen atoms in total. The highest BCUT2D eigenvalue weighted by Crippen LogP contribution is 2.42. The van der Waals surface area contributed by atoms with Crippen LogP contribution in [-0.4, -0.2) is 43.3 Å². The Labute approximate surface area is 289 Å². The minimum absolute atomic E-state index is 0.217. The van der Waals surface area contributed by atoms with E-state index in [1.54, 1.807) is 0 Å². The molecule has 0 saturated carbocycles. The summed E-state index contributed by atoms with van der Waals surface area (Å²) in [5, 5.41) is 0. The van der Waals surface area contributed by atoms with E-state index in [1.807, 2.05) is 0 Å². The van der Waals surface area contributed by atoms with Crippen LogP contribution in [-0.2, 0) is 32.7 Å². The Morgan fingerprint density at radius 3 is 1.17 bits per heavy atom. The SMILES string of the molecule is CCCCCCCCCCCCCCCCCCCCC(=O)OC(COC(=O)CCCCCCCCCCCC)COP(=O)(O)OC. The van der Waals surface area contributed by atoms with E-state index in [-0.39, 0.29) is 19.0 Å². The number of phosphoric acid groups is 1. The molecule has 0 aromatic rings. The van der Waals surface area contributed by atoms with Crippen molar-refractivity contribution in [1.29, 1.82) is 0 Å². The second-order valence-electron chi connectivity index (χ2n) is 13.4. The Hall–Kier alpha value is -0.950. The fourth-order valence-electron chi connectivity index (χ4n) is 5.78. The number of phosphoric ester groups is 1. The van der Waals surface area contributed by atoms with E-state index in [9.17, 15) is 19.0 Å². The predicted octanol–water partition coefficient (Wildman–Crippen LogP) is 11.9. The summed E-state index contributed by atoms with van der Waals surface area (Å²) in [5.74, 6) is -0.793. The first-order valence-corrected chi connectivity index (χ1v) is 21.2. The van der Waals surface area contributed by atoms with Gasteiger partial charge in [-0.25, -0.2) is 4.57 Å². The smallest absolute Gasteiger partial charge is 0.462 e. The molecule has 0 heterocycles. The largest absolute Gasteiger partial charge is 0.472 e. The summed E-state index contributed by atoms with van der Waals surface area (Å²) in [4.78, 5) is 34.3. The molecule has 0 saturated heterocycles. The maximum Gasteiger partial charge on any atom is 0.472 e. The molecule has 0 aliphatic heterocycles. The molecular formula is C38H75O8P. The molecule has 0 amide bonds. The second kappa shape index (κ2) is 34.9. The standard InChI is InChI=1S/C38H75O8P/c1-4-6-8-10-12-14-16-17-18-19-20-21-22-23-25-27-29-31-33-38(40)46-36(35-45-47(41,42)43-3)34-44-37(39)32-30-28-26-24-15-13-11-9-7-5-2/h36H,4-35H2,1-3H3,(H,41,42). The van der Waals surface area contributed by atoms with Crippen molar-refractivity contribution in [2.45, 2.75) is 213 Å². The zero-order valence-corrected chi connectivity index (χ0v) is 31.9. The van der Waals surface area contributed by atoms with Crippen LogP contribution < -0.4 is 0 Å². The molecule has 0 radical (unpaired) electrons. The van der Waals surface area contributed by atoms with Gasteiger partial charge in [-0.1, -0.05) is 181 Å². The lowest BCUT2D eigenvalue weighted by Crippen LogP contribution is -2.29. The van der Waals surface area contributed by atoms with E-state index in [2.05, 4.69) is 18.4 Å². The molecule has 0 aliphatic carbocycles. The maximum atomic E-state index is 12.5. The van der Waals surface area contributed by atoms with Crippen molar-refractivity contribution in [3.63, 3.8) is 0 Å². The third kappa shape index (κ3) is 34.7. The molecule has 0 aromatic carbocycles. The van der Waals surface area contributed by atoms with Crippen LogP contribution >= 0.6 is 7.82 Å². The summed E-state index contributed by atoms with van der Waals surface area (Å²) in [5.41, 5.74) is 0. The van der Waals surface area contributed by atoms with Crippen molar-refractivity contribution in [3.8, 4) is 0 Å². The van der Waals surface area contributed by atoms with Gasteiger partial charge in [-0.05, 0) is 12.8 Å². The van der Waals surface area contributed by atoms with Crippen LogP contribution in [0.4, 0.5) is 0 Å². The van der Waals surface area contributed by atoms with Crippen molar-refractivity contribution >= 4 is 19.8 Å². The highest BCUT2D eigenvalue weighted by molar-refractivity contribution is 7.47. The number of ether oxygens (including phenoxy) is 2. The predicted molar refractivity (Wildman–Crippen MR) is 193 cm³/mol. The van der Waals surface area contributed by atoms with Gasteiger partial charge < -0.3 is 14.4 Å². The molecule has 0 bridgehead atoms. The van der Waals surface area contributed by atoms with Crippen LogP contribution in [0, 0.1) is 0 Å². The molecule has 1 N–H and O–H groups in total. The molecule has 47 heavy (non-hydrogen) atoms. The summed E-state index contributed by atoms with van der Waals surface area (Å²) in [7, 11) is -3.18. The Morgan fingerprint density at radius 1 is 0.511 bits per heavy atom. The molecule has 0 fully saturated rings. The first kappa shape index (κ1) is 46.0. The lowest BCUT2D eigenvalue weighted by atomic mass is 10.0. The fourth-order valence-corrected chi connectivity index (χ4v) is 6.24. The maximum absolute atomic E-state index is 12.5. The van der Waals surface area contributed by atoms with Gasteiger partial charge in [-0.2, -0.15) is 0 Å². The van der Waals surface area contributed by atoms with Crippen LogP contribution in [0.5, 0.6) is 0 Å². The molecule has 0 aliphatic rings.